The average Bonchev–Trinajstić information content (AvgIpc) is 3.07. The van der Waals surface area contributed by atoms with Crippen LogP contribution in [0.4, 0.5) is 0 Å². The molecule has 0 amide bonds. The van der Waals surface area contributed by atoms with Gasteiger partial charge in [0.05, 0.1) is 0 Å². The molecule has 0 heterocycles. The molecule has 134 valence electrons. The van der Waals surface area contributed by atoms with Gasteiger partial charge in [-0.2, -0.15) is 0 Å². The van der Waals surface area contributed by atoms with E-state index in [1.54, 1.807) is 0 Å². The van der Waals surface area contributed by atoms with E-state index in [0.717, 1.165) is 17.0 Å². The van der Waals surface area contributed by atoms with Gasteiger partial charge in [0.15, 0.2) is 0 Å². The predicted molar refractivity (Wildman–Crippen MR) is 111 cm³/mol. The maximum atomic E-state index is 2.85. The Balaban J connectivity index is 0.000000346. The van der Waals surface area contributed by atoms with Crippen molar-refractivity contribution in [3.8, 4) is 0 Å². The minimum atomic E-state index is 0.262. The van der Waals surface area contributed by atoms with Gasteiger partial charge < -0.3 is 0 Å². The molecule has 0 spiro atoms. The van der Waals surface area contributed by atoms with Gasteiger partial charge in [-0.15, -0.1) is 0 Å². The molecule has 2 rings (SSSR count). The normalized spacial score (nSPS) is 12.0. The van der Waals surface area contributed by atoms with Gasteiger partial charge in [0.1, 0.15) is 0 Å². The maximum absolute atomic E-state index is 2.85. The third-order valence-corrected chi connectivity index (χ3v) is 7.17. The van der Waals surface area contributed by atoms with E-state index in [2.05, 4.69) is 63.7 Å². The third kappa shape index (κ3) is 11.9. The van der Waals surface area contributed by atoms with Gasteiger partial charge in [-0.1, -0.05) is 73.8 Å². The van der Waals surface area contributed by atoms with Crippen LogP contribution in [0.15, 0.2) is 54.6 Å². The summed E-state index contributed by atoms with van der Waals surface area (Å²) in [6.07, 6.45) is 11.9. The van der Waals surface area contributed by atoms with Crippen LogP contribution in [0, 0.1) is 6.42 Å². The molecule has 0 saturated heterocycles. The zero-order valence-corrected chi connectivity index (χ0v) is 18.4. The van der Waals surface area contributed by atoms with Crippen LogP contribution in [0.1, 0.15) is 47.1 Å². The molecule has 0 N–H and O–H groups in total. The van der Waals surface area contributed by atoms with E-state index in [9.17, 15) is 0 Å². The van der Waals surface area contributed by atoms with Gasteiger partial charge in [-0.25, -0.2) is 0 Å². The van der Waals surface area contributed by atoms with Crippen LogP contribution < -0.4 is 0 Å². The first-order valence-corrected chi connectivity index (χ1v) is 10.9. The molecule has 0 fully saturated rings. The van der Waals surface area contributed by atoms with Gasteiger partial charge in [0.2, 0.25) is 0 Å². The Kier molecular flexibility index (Phi) is 14.4. The molecule has 0 unspecified atom stereocenters. The van der Waals surface area contributed by atoms with Crippen LogP contribution >= 0.6 is 7.92 Å². The molecule has 0 bridgehead atoms. The fraction of sp³-hybridized carbons (Fsp3) is 0.409. The van der Waals surface area contributed by atoms with Gasteiger partial charge in [0.25, 0.3) is 0 Å². The van der Waals surface area contributed by atoms with Crippen LogP contribution in [-0.2, 0) is 17.9 Å². The minimum absolute atomic E-state index is 0.262. The second-order valence-corrected chi connectivity index (χ2v) is 10.8. The third-order valence-electron chi connectivity index (χ3n) is 3.36. The van der Waals surface area contributed by atoms with E-state index in [0.29, 0.717) is 0 Å². The van der Waals surface area contributed by atoms with E-state index in [1.807, 2.05) is 67.1 Å². The van der Waals surface area contributed by atoms with E-state index in [-0.39, 0.29) is 7.92 Å². The van der Waals surface area contributed by atoms with E-state index in [1.165, 1.54) is 5.56 Å². The standard InChI is InChI=1S/C9H21P.C8H6.C5H5.Rh/c1-7(2)10(8(3)4)9(5)6;1-2-8-6-4-3-5-7-8;1-2-4-5-3-1;/h7-9H,1-6H3;2-7H;1-5H;. The van der Waals surface area contributed by atoms with Crippen LogP contribution in [0.25, 0.3) is 6.08 Å². The summed E-state index contributed by atoms with van der Waals surface area (Å²) >= 11 is 2.59. The van der Waals surface area contributed by atoms with Crippen LogP contribution in [0.3, 0.4) is 0 Å². The monoisotopic (exact) mass is 430 g/mol. The summed E-state index contributed by atoms with van der Waals surface area (Å²) in [7, 11) is 0.262. The quantitative estimate of drug-likeness (QED) is 0.370. The van der Waals surface area contributed by atoms with Crippen LogP contribution in [0.5, 0.6) is 0 Å². The molecule has 1 aliphatic rings. The molecule has 0 saturated carbocycles. The molecule has 1 aliphatic carbocycles. The van der Waals surface area contributed by atoms with Gasteiger partial charge >= 0.3 is 64.1 Å². The summed E-state index contributed by atoms with van der Waals surface area (Å²) in [5.74, 6) is 0. The Hall–Kier alpha value is -0.597. The molecule has 1 radical (unpaired) electrons. The molecule has 1 aromatic rings. The molecule has 2 heteroatoms. The molecular weight excluding hydrogens is 398 g/mol. The Labute approximate surface area is 161 Å². The van der Waals surface area contributed by atoms with Crippen LogP contribution in [0.2, 0.25) is 0 Å². The second kappa shape index (κ2) is 14.7. The first kappa shape index (κ1) is 23.4. The van der Waals surface area contributed by atoms with Gasteiger partial charge in [-0.3, -0.25) is 0 Å². The molecule has 0 aliphatic heterocycles. The molecule has 0 aromatic heterocycles. The van der Waals surface area contributed by atoms with Crippen molar-refractivity contribution in [2.75, 3.05) is 0 Å². The summed E-state index contributed by atoms with van der Waals surface area (Å²) in [5.41, 5.74) is 3.88. The SMILES string of the molecule is CC(C)P(C(C)C)C(C)C.[CH]1C=CC=C1.[Rh]=[C]=Cc1ccccc1. The fourth-order valence-corrected chi connectivity index (χ4v) is 6.57. The van der Waals surface area contributed by atoms with Crippen molar-refractivity contribution in [2.24, 2.45) is 0 Å². The summed E-state index contributed by atoms with van der Waals surface area (Å²) in [6.45, 7) is 14.1. The van der Waals surface area contributed by atoms with Crippen molar-refractivity contribution in [3.63, 3.8) is 0 Å². The van der Waals surface area contributed by atoms with E-state index < -0.39 is 0 Å². The first-order chi connectivity index (χ1) is 11.4. The summed E-state index contributed by atoms with van der Waals surface area (Å²) in [6, 6.07) is 10.1. The predicted octanol–water partition coefficient (Wildman–Crippen LogP) is 6.66. The molecular formula is C22H32PRh. The molecule has 1 aromatic carbocycles. The van der Waals surface area contributed by atoms with Crippen LogP contribution in [-0.4, -0.2) is 21.2 Å². The Bertz CT molecular complexity index is 491. The number of allylic oxidation sites excluding steroid dienone is 4. The summed E-state index contributed by atoms with van der Waals surface area (Å²) < 4.78 is 2.85. The number of benzene rings is 1. The van der Waals surface area contributed by atoms with Crippen molar-refractivity contribution in [2.45, 2.75) is 58.5 Å². The van der Waals surface area contributed by atoms with Crippen molar-refractivity contribution in [1.29, 1.82) is 0 Å². The molecule has 0 atom stereocenters. The Morgan fingerprint density at radius 2 is 1.25 bits per heavy atom. The average molecular weight is 430 g/mol. The van der Waals surface area contributed by atoms with Crippen molar-refractivity contribution in [1.82, 2.24) is 0 Å². The van der Waals surface area contributed by atoms with Gasteiger partial charge in [0, 0.05) is 6.42 Å². The zero-order valence-electron chi connectivity index (χ0n) is 15.9. The zero-order chi connectivity index (χ0) is 18.4. The first-order valence-electron chi connectivity index (χ1n) is 8.56. The summed E-state index contributed by atoms with van der Waals surface area (Å²) in [5, 5.41) is 0. The van der Waals surface area contributed by atoms with Crippen molar-refractivity contribution >= 4 is 18.3 Å². The topological polar surface area (TPSA) is 0 Å². The van der Waals surface area contributed by atoms with Crippen molar-refractivity contribution < 1.29 is 17.9 Å². The van der Waals surface area contributed by atoms with Crippen molar-refractivity contribution in [3.05, 3.63) is 66.6 Å². The summed E-state index contributed by atoms with van der Waals surface area (Å²) in [4.78, 5) is 0. The fourth-order valence-electron chi connectivity index (χ4n) is 2.71. The molecule has 0 nitrogen and oxygen atoms in total. The molecule has 24 heavy (non-hydrogen) atoms. The van der Waals surface area contributed by atoms with Gasteiger partial charge in [-0.05, 0) is 17.0 Å². The number of hydrogen-bond acceptors (Lipinski definition) is 0. The Morgan fingerprint density at radius 3 is 1.50 bits per heavy atom. The number of hydrogen-bond donors (Lipinski definition) is 0. The van der Waals surface area contributed by atoms with E-state index >= 15 is 0 Å². The Morgan fingerprint density at radius 1 is 0.792 bits per heavy atom. The second-order valence-electron chi connectivity index (χ2n) is 6.34. The number of rotatable bonds is 4. The van der Waals surface area contributed by atoms with E-state index in [4.69, 9.17) is 0 Å².